The van der Waals surface area contributed by atoms with Gasteiger partial charge in [-0.25, -0.2) is 0 Å². The number of piperazine rings is 1. The summed E-state index contributed by atoms with van der Waals surface area (Å²) in [5, 5.41) is 3.01. The molecule has 0 spiro atoms. The maximum atomic E-state index is 13.0. The molecular formula is C20H30N4O2. The van der Waals surface area contributed by atoms with Gasteiger partial charge in [0.2, 0.25) is 5.91 Å². The highest BCUT2D eigenvalue weighted by molar-refractivity contribution is 5.95. The summed E-state index contributed by atoms with van der Waals surface area (Å²) in [6, 6.07) is 7.83. The average molecular weight is 358 g/mol. The van der Waals surface area contributed by atoms with Crippen molar-refractivity contribution in [2.24, 2.45) is 0 Å². The predicted octanol–water partition coefficient (Wildman–Crippen LogP) is 1.17. The molecule has 2 amide bonds. The van der Waals surface area contributed by atoms with Gasteiger partial charge in [-0.05, 0) is 45.0 Å². The summed E-state index contributed by atoms with van der Waals surface area (Å²) < 4.78 is 0. The van der Waals surface area contributed by atoms with Crippen LogP contribution in [0.3, 0.4) is 0 Å². The minimum atomic E-state index is -0.0317. The van der Waals surface area contributed by atoms with Gasteiger partial charge in [0.1, 0.15) is 0 Å². The van der Waals surface area contributed by atoms with Gasteiger partial charge in [0, 0.05) is 44.8 Å². The van der Waals surface area contributed by atoms with Crippen molar-refractivity contribution in [1.29, 1.82) is 0 Å². The number of benzene rings is 1. The van der Waals surface area contributed by atoms with Gasteiger partial charge < -0.3 is 15.1 Å². The summed E-state index contributed by atoms with van der Waals surface area (Å²) in [4.78, 5) is 31.5. The normalized spacial score (nSPS) is 22.2. The van der Waals surface area contributed by atoms with Crippen LogP contribution in [-0.4, -0.2) is 79.4 Å². The Morgan fingerprint density at radius 2 is 1.88 bits per heavy atom. The Morgan fingerprint density at radius 1 is 1.15 bits per heavy atom. The molecular weight excluding hydrogens is 328 g/mol. The summed E-state index contributed by atoms with van der Waals surface area (Å²) in [5.74, 6) is 0.256. The highest BCUT2D eigenvalue weighted by Gasteiger charge is 2.31. The molecule has 1 atom stereocenters. The number of hydrogen-bond acceptors (Lipinski definition) is 4. The first-order valence-corrected chi connectivity index (χ1v) is 9.60. The third-order valence-electron chi connectivity index (χ3n) is 5.28. The van der Waals surface area contributed by atoms with Crippen LogP contribution in [0.25, 0.3) is 0 Å². The maximum Gasteiger partial charge on any atom is 0.254 e. The highest BCUT2D eigenvalue weighted by atomic mass is 16.2. The molecule has 0 aromatic heterocycles. The molecule has 2 saturated heterocycles. The second kappa shape index (κ2) is 8.64. The Morgan fingerprint density at radius 3 is 2.62 bits per heavy atom. The topological polar surface area (TPSA) is 55.9 Å². The molecule has 1 unspecified atom stereocenters. The van der Waals surface area contributed by atoms with Gasteiger partial charge in [0.25, 0.3) is 5.91 Å². The molecule has 2 heterocycles. The van der Waals surface area contributed by atoms with E-state index in [2.05, 4.69) is 15.1 Å². The van der Waals surface area contributed by atoms with E-state index >= 15 is 0 Å². The standard InChI is InChI=1S/C20H30N4O2/c1-22(2)15-16-7-3-4-8-17(16)20(26)24-13-11-23(12-14-24)18-9-5-6-10-21-19(18)25/h3-4,7-8,18H,5-6,9-15H2,1-2H3,(H,21,25). The number of carbonyl (C=O) groups excluding carboxylic acids is 2. The molecule has 3 rings (SSSR count). The summed E-state index contributed by atoms with van der Waals surface area (Å²) in [6.45, 7) is 4.43. The lowest BCUT2D eigenvalue weighted by Crippen LogP contribution is -2.55. The van der Waals surface area contributed by atoms with Crippen LogP contribution >= 0.6 is 0 Å². The van der Waals surface area contributed by atoms with Crippen LogP contribution in [0.4, 0.5) is 0 Å². The van der Waals surface area contributed by atoms with E-state index in [9.17, 15) is 9.59 Å². The molecule has 0 radical (unpaired) electrons. The fraction of sp³-hybridized carbons (Fsp3) is 0.600. The van der Waals surface area contributed by atoms with Crippen molar-refractivity contribution in [3.63, 3.8) is 0 Å². The SMILES string of the molecule is CN(C)Cc1ccccc1C(=O)N1CCN(C2CCCCNC2=O)CC1. The van der Waals surface area contributed by atoms with Crippen molar-refractivity contribution in [1.82, 2.24) is 20.0 Å². The van der Waals surface area contributed by atoms with Gasteiger partial charge >= 0.3 is 0 Å². The van der Waals surface area contributed by atoms with Crippen molar-refractivity contribution >= 4 is 11.8 Å². The minimum Gasteiger partial charge on any atom is -0.355 e. The number of carbonyl (C=O) groups is 2. The van der Waals surface area contributed by atoms with Crippen LogP contribution in [0.15, 0.2) is 24.3 Å². The van der Waals surface area contributed by atoms with E-state index in [1.165, 1.54) is 0 Å². The van der Waals surface area contributed by atoms with Crippen LogP contribution in [0.2, 0.25) is 0 Å². The van der Waals surface area contributed by atoms with Gasteiger partial charge in [-0.15, -0.1) is 0 Å². The fourth-order valence-electron chi connectivity index (χ4n) is 3.89. The Kier molecular flexibility index (Phi) is 6.27. The van der Waals surface area contributed by atoms with Crippen LogP contribution in [0, 0.1) is 0 Å². The monoisotopic (exact) mass is 358 g/mol. The fourth-order valence-corrected chi connectivity index (χ4v) is 3.89. The zero-order valence-corrected chi connectivity index (χ0v) is 15.9. The zero-order valence-electron chi connectivity index (χ0n) is 15.9. The van der Waals surface area contributed by atoms with Gasteiger partial charge in [0.05, 0.1) is 6.04 Å². The maximum absolute atomic E-state index is 13.0. The van der Waals surface area contributed by atoms with Crippen LogP contribution < -0.4 is 5.32 Å². The first kappa shape index (κ1) is 18.9. The summed E-state index contributed by atoms with van der Waals surface area (Å²) in [7, 11) is 4.02. The molecule has 2 aliphatic heterocycles. The van der Waals surface area contributed by atoms with Crippen molar-refractivity contribution in [2.75, 3.05) is 46.8 Å². The van der Waals surface area contributed by atoms with Crippen LogP contribution in [0.5, 0.6) is 0 Å². The van der Waals surface area contributed by atoms with Gasteiger partial charge in [-0.3, -0.25) is 14.5 Å². The van der Waals surface area contributed by atoms with Crippen molar-refractivity contribution < 1.29 is 9.59 Å². The Hall–Kier alpha value is -1.92. The first-order valence-electron chi connectivity index (χ1n) is 9.60. The number of rotatable bonds is 4. The minimum absolute atomic E-state index is 0.0317. The number of hydrogen-bond donors (Lipinski definition) is 1. The third-order valence-corrected chi connectivity index (χ3v) is 5.28. The third kappa shape index (κ3) is 4.43. The lowest BCUT2D eigenvalue weighted by atomic mass is 10.0. The average Bonchev–Trinajstić information content (AvgIpc) is 2.86. The molecule has 0 aliphatic carbocycles. The molecule has 1 aromatic rings. The second-order valence-corrected chi connectivity index (χ2v) is 7.53. The second-order valence-electron chi connectivity index (χ2n) is 7.53. The Balaban J connectivity index is 1.63. The first-order chi connectivity index (χ1) is 12.6. The highest BCUT2D eigenvalue weighted by Crippen LogP contribution is 2.18. The number of nitrogens with zero attached hydrogens (tertiary/aromatic N) is 3. The van der Waals surface area contributed by atoms with Gasteiger partial charge in [-0.1, -0.05) is 18.2 Å². The molecule has 26 heavy (non-hydrogen) atoms. The van der Waals surface area contributed by atoms with Gasteiger partial charge in [-0.2, -0.15) is 0 Å². The van der Waals surface area contributed by atoms with Gasteiger partial charge in [0.15, 0.2) is 0 Å². The summed E-state index contributed by atoms with van der Waals surface area (Å²) >= 11 is 0. The van der Waals surface area contributed by atoms with E-state index in [0.29, 0.717) is 13.1 Å². The van der Waals surface area contributed by atoms with E-state index in [-0.39, 0.29) is 17.9 Å². The van der Waals surface area contributed by atoms with E-state index in [1.54, 1.807) is 0 Å². The van der Waals surface area contributed by atoms with Crippen molar-refractivity contribution in [3.8, 4) is 0 Å². The van der Waals surface area contributed by atoms with E-state index in [4.69, 9.17) is 0 Å². The van der Waals surface area contributed by atoms with Crippen LogP contribution in [-0.2, 0) is 11.3 Å². The van der Waals surface area contributed by atoms with E-state index in [1.807, 2.05) is 43.3 Å². The number of amides is 2. The Labute approximate surface area is 156 Å². The molecule has 1 N–H and O–H groups in total. The Bertz CT molecular complexity index is 638. The smallest absolute Gasteiger partial charge is 0.254 e. The van der Waals surface area contributed by atoms with Crippen LogP contribution in [0.1, 0.15) is 35.2 Å². The molecule has 2 aliphatic rings. The summed E-state index contributed by atoms with van der Waals surface area (Å²) in [6.07, 6.45) is 3.06. The molecule has 142 valence electrons. The molecule has 6 heteroatoms. The predicted molar refractivity (Wildman–Crippen MR) is 102 cm³/mol. The molecule has 2 fully saturated rings. The molecule has 1 aromatic carbocycles. The summed E-state index contributed by atoms with van der Waals surface area (Å²) in [5.41, 5.74) is 1.86. The molecule has 6 nitrogen and oxygen atoms in total. The lowest BCUT2D eigenvalue weighted by Gasteiger charge is -2.38. The number of nitrogens with one attached hydrogen (secondary N) is 1. The quantitative estimate of drug-likeness (QED) is 0.878. The van der Waals surface area contributed by atoms with E-state index < -0.39 is 0 Å². The zero-order chi connectivity index (χ0) is 18.5. The molecule has 0 saturated carbocycles. The molecule has 0 bridgehead atoms. The van der Waals surface area contributed by atoms with Crippen molar-refractivity contribution in [3.05, 3.63) is 35.4 Å². The lowest BCUT2D eigenvalue weighted by molar-refractivity contribution is -0.126. The van der Waals surface area contributed by atoms with Crippen molar-refractivity contribution in [2.45, 2.75) is 31.8 Å². The van der Waals surface area contributed by atoms with E-state index in [0.717, 1.165) is 56.6 Å². The largest absolute Gasteiger partial charge is 0.355 e.